The van der Waals surface area contributed by atoms with Gasteiger partial charge in [0.05, 0.1) is 19.8 Å². The summed E-state index contributed by atoms with van der Waals surface area (Å²) in [5.41, 5.74) is 2.30. The van der Waals surface area contributed by atoms with Crippen LogP contribution < -0.4 is 14.2 Å². The van der Waals surface area contributed by atoms with Crippen LogP contribution in [0.1, 0.15) is 36.5 Å². The van der Waals surface area contributed by atoms with Crippen molar-refractivity contribution in [1.82, 2.24) is 14.9 Å². The number of ether oxygens (including phenoxy) is 3. The van der Waals surface area contributed by atoms with E-state index in [4.69, 9.17) is 14.2 Å². The van der Waals surface area contributed by atoms with E-state index in [0.29, 0.717) is 23.8 Å². The molecule has 3 aliphatic rings. The molecule has 2 aliphatic heterocycles. The van der Waals surface area contributed by atoms with Crippen LogP contribution in [-0.2, 0) is 18.6 Å². The Bertz CT molecular complexity index is 952. The molecule has 2 fully saturated rings. The molecule has 1 saturated heterocycles. The monoisotopic (exact) mass is 411 g/mol. The lowest BCUT2D eigenvalue weighted by Gasteiger charge is -2.31. The Morgan fingerprint density at radius 3 is 2.93 bits per heavy atom. The summed E-state index contributed by atoms with van der Waals surface area (Å²) in [5, 5.41) is 11.7. The summed E-state index contributed by atoms with van der Waals surface area (Å²) in [5.74, 6) is 2.02. The van der Waals surface area contributed by atoms with Gasteiger partial charge in [0.1, 0.15) is 17.5 Å². The van der Waals surface area contributed by atoms with Crippen molar-refractivity contribution in [3.8, 4) is 17.6 Å². The first-order valence-electron chi connectivity index (χ1n) is 10.7. The van der Waals surface area contributed by atoms with Gasteiger partial charge in [0.2, 0.25) is 5.88 Å². The Balaban J connectivity index is 1.34. The number of fused-ring (bicyclic) bond motifs is 2. The summed E-state index contributed by atoms with van der Waals surface area (Å²) < 4.78 is 16.4. The summed E-state index contributed by atoms with van der Waals surface area (Å²) >= 11 is 0. The standard InChI is InChI=1S/C23H29N3O4/c1-14-8-17-9-15(4-5-20(17)30-14)11-26-12-16-6-7-23(27,19(16)13-26)18-10-24-22(29-3)25-21(18)28-2/h4-5,9-10,14,16,19,27H,6-8,11-13H2,1-3H3/t14-,16-,19+,23+/m1/s1. The quantitative estimate of drug-likeness (QED) is 0.810. The third-order valence-electron chi connectivity index (χ3n) is 6.97. The molecule has 4 atom stereocenters. The molecule has 30 heavy (non-hydrogen) atoms. The molecule has 1 saturated carbocycles. The molecule has 7 nitrogen and oxygen atoms in total. The molecular weight excluding hydrogens is 382 g/mol. The smallest absolute Gasteiger partial charge is 0.319 e. The van der Waals surface area contributed by atoms with Crippen molar-refractivity contribution in [1.29, 1.82) is 0 Å². The zero-order valence-electron chi connectivity index (χ0n) is 17.8. The molecule has 160 valence electrons. The van der Waals surface area contributed by atoms with Crippen LogP contribution in [0.15, 0.2) is 24.4 Å². The first kappa shape index (κ1) is 19.6. The van der Waals surface area contributed by atoms with Gasteiger partial charge >= 0.3 is 6.01 Å². The van der Waals surface area contributed by atoms with Crippen LogP contribution >= 0.6 is 0 Å². The molecule has 0 amide bonds. The summed E-state index contributed by atoms with van der Waals surface area (Å²) in [7, 11) is 3.09. The van der Waals surface area contributed by atoms with E-state index in [9.17, 15) is 5.11 Å². The Hall–Kier alpha value is -2.38. The Labute approximate surface area is 177 Å². The number of likely N-dealkylation sites (tertiary alicyclic amines) is 1. The third kappa shape index (κ3) is 3.20. The summed E-state index contributed by atoms with van der Waals surface area (Å²) in [6.45, 7) is 4.84. The lowest BCUT2D eigenvalue weighted by Crippen LogP contribution is -2.35. The van der Waals surface area contributed by atoms with Crippen LogP contribution in [0.3, 0.4) is 0 Å². The summed E-state index contributed by atoms with van der Waals surface area (Å²) in [6.07, 6.45) is 4.60. The minimum absolute atomic E-state index is 0.140. The lowest BCUT2D eigenvalue weighted by atomic mass is 9.83. The van der Waals surface area contributed by atoms with Crippen LogP contribution in [0.4, 0.5) is 0 Å². The van der Waals surface area contributed by atoms with Gasteiger partial charge in [-0.05, 0) is 42.9 Å². The van der Waals surface area contributed by atoms with E-state index in [2.05, 4.69) is 40.0 Å². The van der Waals surface area contributed by atoms with Crippen molar-refractivity contribution in [3.63, 3.8) is 0 Å². The minimum Gasteiger partial charge on any atom is -0.490 e. The van der Waals surface area contributed by atoms with E-state index < -0.39 is 5.60 Å². The first-order chi connectivity index (χ1) is 14.5. The predicted molar refractivity (Wildman–Crippen MR) is 111 cm³/mol. The topological polar surface area (TPSA) is 76.9 Å². The van der Waals surface area contributed by atoms with Crippen molar-refractivity contribution in [2.45, 2.75) is 44.4 Å². The van der Waals surface area contributed by atoms with E-state index in [0.717, 1.165) is 38.2 Å². The normalized spacial score (nSPS) is 30.1. The number of aromatic nitrogens is 2. The lowest BCUT2D eigenvalue weighted by molar-refractivity contribution is -0.00972. The molecule has 1 N–H and O–H groups in total. The van der Waals surface area contributed by atoms with Gasteiger partial charge in [0, 0.05) is 38.2 Å². The van der Waals surface area contributed by atoms with Crippen molar-refractivity contribution < 1.29 is 19.3 Å². The van der Waals surface area contributed by atoms with Gasteiger partial charge in [-0.1, -0.05) is 12.1 Å². The van der Waals surface area contributed by atoms with E-state index in [1.807, 2.05) is 0 Å². The first-order valence-corrected chi connectivity index (χ1v) is 10.7. The molecule has 5 rings (SSSR count). The Morgan fingerprint density at radius 2 is 2.13 bits per heavy atom. The minimum atomic E-state index is -0.974. The van der Waals surface area contributed by atoms with E-state index in [1.54, 1.807) is 13.3 Å². The maximum atomic E-state index is 11.7. The molecule has 0 radical (unpaired) electrons. The Morgan fingerprint density at radius 1 is 1.27 bits per heavy atom. The fourth-order valence-electron chi connectivity index (χ4n) is 5.58. The van der Waals surface area contributed by atoms with Gasteiger partial charge in [-0.3, -0.25) is 4.90 Å². The highest BCUT2D eigenvalue weighted by Crippen LogP contribution is 2.52. The highest BCUT2D eigenvalue weighted by Gasteiger charge is 2.53. The van der Waals surface area contributed by atoms with Gasteiger partial charge in [-0.15, -0.1) is 0 Å². The number of benzene rings is 1. The molecule has 1 aromatic carbocycles. The van der Waals surface area contributed by atoms with Gasteiger partial charge < -0.3 is 19.3 Å². The number of hydrogen-bond donors (Lipinski definition) is 1. The molecule has 1 aliphatic carbocycles. The van der Waals surface area contributed by atoms with Crippen molar-refractivity contribution >= 4 is 0 Å². The molecule has 0 unspecified atom stereocenters. The SMILES string of the molecule is COc1ncc([C@@]2(O)CC[C@@H]3CN(Cc4ccc5c(c4)C[C@@H](C)O5)C[C@@H]32)c(OC)n1. The van der Waals surface area contributed by atoms with Gasteiger partial charge in [-0.25, -0.2) is 4.98 Å². The molecule has 0 bridgehead atoms. The maximum Gasteiger partial charge on any atom is 0.319 e. The maximum absolute atomic E-state index is 11.7. The number of aliphatic hydroxyl groups is 1. The van der Waals surface area contributed by atoms with Crippen LogP contribution in [0.2, 0.25) is 0 Å². The number of hydrogen-bond acceptors (Lipinski definition) is 7. The highest BCUT2D eigenvalue weighted by atomic mass is 16.5. The molecule has 0 spiro atoms. The van der Waals surface area contributed by atoms with E-state index in [-0.39, 0.29) is 18.0 Å². The second kappa shape index (κ2) is 7.39. The zero-order chi connectivity index (χ0) is 20.9. The molecule has 3 heterocycles. The van der Waals surface area contributed by atoms with Crippen molar-refractivity contribution in [2.24, 2.45) is 11.8 Å². The third-order valence-corrected chi connectivity index (χ3v) is 6.97. The largest absolute Gasteiger partial charge is 0.490 e. The van der Waals surface area contributed by atoms with E-state index >= 15 is 0 Å². The second-order valence-electron chi connectivity index (χ2n) is 8.88. The number of nitrogens with zero attached hydrogens (tertiary/aromatic N) is 3. The van der Waals surface area contributed by atoms with Crippen LogP contribution in [-0.4, -0.2) is 53.4 Å². The fourth-order valence-corrected chi connectivity index (χ4v) is 5.58. The molecule has 7 heteroatoms. The second-order valence-corrected chi connectivity index (χ2v) is 8.88. The summed E-state index contributed by atoms with van der Waals surface area (Å²) in [6, 6.07) is 6.79. The molecular formula is C23H29N3O4. The molecule has 1 aromatic heterocycles. The number of methoxy groups -OCH3 is 2. The van der Waals surface area contributed by atoms with Crippen LogP contribution in [0.25, 0.3) is 0 Å². The van der Waals surface area contributed by atoms with Gasteiger partial charge in [0.15, 0.2) is 0 Å². The van der Waals surface area contributed by atoms with Crippen molar-refractivity contribution in [3.05, 3.63) is 41.1 Å². The van der Waals surface area contributed by atoms with Gasteiger partial charge in [0.25, 0.3) is 0 Å². The Kier molecular flexibility index (Phi) is 4.82. The van der Waals surface area contributed by atoms with Gasteiger partial charge in [-0.2, -0.15) is 4.98 Å². The van der Waals surface area contributed by atoms with E-state index in [1.165, 1.54) is 18.2 Å². The highest BCUT2D eigenvalue weighted by molar-refractivity contribution is 5.40. The summed E-state index contributed by atoms with van der Waals surface area (Å²) in [4.78, 5) is 11.0. The number of rotatable bonds is 5. The average Bonchev–Trinajstić information content (AvgIpc) is 3.41. The van der Waals surface area contributed by atoms with Crippen LogP contribution in [0, 0.1) is 11.8 Å². The van der Waals surface area contributed by atoms with Crippen LogP contribution in [0.5, 0.6) is 17.6 Å². The molecule has 2 aromatic rings. The average molecular weight is 412 g/mol. The zero-order valence-corrected chi connectivity index (χ0v) is 17.8. The fraction of sp³-hybridized carbons (Fsp3) is 0.565. The predicted octanol–water partition coefficient (Wildman–Crippen LogP) is 2.55. The van der Waals surface area contributed by atoms with Crippen molar-refractivity contribution in [2.75, 3.05) is 27.3 Å².